The van der Waals surface area contributed by atoms with Gasteiger partial charge in [0, 0.05) is 28.8 Å². The molecule has 0 radical (unpaired) electrons. The van der Waals surface area contributed by atoms with E-state index in [0.717, 1.165) is 0 Å². The number of fused-ring (bicyclic) bond motifs is 1. The van der Waals surface area contributed by atoms with Crippen LogP contribution in [-0.4, -0.2) is 15.8 Å². The normalized spacial score (nSPS) is 14.2. The number of nitrogens with one attached hydrogen (secondary N) is 1. The third-order valence-corrected chi connectivity index (χ3v) is 4.37. The van der Waals surface area contributed by atoms with Crippen LogP contribution >= 0.6 is 11.6 Å². The molecule has 1 aliphatic heterocycles. The van der Waals surface area contributed by atoms with E-state index >= 15 is 0 Å². The number of carbonyl (C=O) groups excluding carboxylic acids is 1. The molecule has 1 aliphatic rings. The molecule has 0 spiro atoms. The van der Waals surface area contributed by atoms with E-state index in [2.05, 4.69) is 5.32 Å². The van der Waals surface area contributed by atoms with Gasteiger partial charge >= 0.3 is 0 Å². The highest BCUT2D eigenvalue weighted by atomic mass is 35.5. The number of carbonyl (C=O) groups is 1. The average Bonchev–Trinajstić information content (AvgIpc) is 2.88. The van der Waals surface area contributed by atoms with Crippen molar-refractivity contribution in [2.75, 3.05) is 5.32 Å². The second-order valence-electron chi connectivity index (χ2n) is 5.62. The second kappa shape index (κ2) is 6.57. The van der Waals surface area contributed by atoms with E-state index in [9.17, 15) is 25.0 Å². The van der Waals surface area contributed by atoms with E-state index in [1.54, 1.807) is 12.1 Å². The Balaban J connectivity index is 2.13. The lowest BCUT2D eigenvalue weighted by molar-refractivity contribution is -0.385. The minimum Gasteiger partial charge on any atom is -0.321 e. The molecule has 0 saturated carbocycles. The van der Waals surface area contributed by atoms with Gasteiger partial charge in [0.2, 0.25) is 0 Å². The monoisotopic (exact) mass is 373 g/mol. The molecule has 1 N–H and O–H groups in total. The molecule has 2 aromatic carbocycles. The molecule has 2 aromatic rings. The Labute approximate surface area is 152 Å². The SMILES string of the molecule is CCc1ccc(/C=C2/C(=O)Nc3cc(Cl)c([N+](=O)[O-])cc32)cc1[N+](=O)[O-]. The summed E-state index contributed by atoms with van der Waals surface area (Å²) >= 11 is 5.86. The molecule has 132 valence electrons. The zero-order chi connectivity index (χ0) is 19.0. The first-order valence-corrected chi connectivity index (χ1v) is 7.98. The number of benzene rings is 2. The number of aryl methyl sites for hydroxylation is 1. The summed E-state index contributed by atoms with van der Waals surface area (Å²) < 4.78 is 0. The lowest BCUT2D eigenvalue weighted by Gasteiger charge is -2.03. The van der Waals surface area contributed by atoms with Crippen molar-refractivity contribution in [3.63, 3.8) is 0 Å². The van der Waals surface area contributed by atoms with Crippen molar-refractivity contribution in [3.05, 3.63) is 72.3 Å². The van der Waals surface area contributed by atoms with Crippen molar-refractivity contribution in [1.82, 2.24) is 0 Å². The predicted molar refractivity (Wildman–Crippen MR) is 97.1 cm³/mol. The maximum absolute atomic E-state index is 12.2. The fourth-order valence-electron chi connectivity index (χ4n) is 2.79. The highest BCUT2D eigenvalue weighted by Crippen LogP contribution is 2.39. The Morgan fingerprint density at radius 3 is 2.42 bits per heavy atom. The van der Waals surface area contributed by atoms with Crippen molar-refractivity contribution >= 4 is 46.2 Å². The Morgan fingerprint density at radius 2 is 1.81 bits per heavy atom. The molecule has 0 aromatic heterocycles. The summed E-state index contributed by atoms with van der Waals surface area (Å²) in [5.74, 6) is -0.459. The minimum atomic E-state index is -0.635. The van der Waals surface area contributed by atoms with Gasteiger partial charge in [-0.05, 0) is 24.1 Å². The van der Waals surface area contributed by atoms with E-state index in [0.29, 0.717) is 28.8 Å². The summed E-state index contributed by atoms with van der Waals surface area (Å²) in [5, 5.41) is 24.8. The molecule has 0 unspecified atom stereocenters. The molecule has 3 rings (SSSR count). The van der Waals surface area contributed by atoms with Gasteiger partial charge < -0.3 is 5.32 Å². The van der Waals surface area contributed by atoms with Crippen LogP contribution in [0, 0.1) is 20.2 Å². The molecular formula is C17H12ClN3O5. The van der Waals surface area contributed by atoms with Gasteiger partial charge in [0.15, 0.2) is 0 Å². The number of anilines is 1. The number of nitro benzene ring substituents is 2. The topological polar surface area (TPSA) is 115 Å². The van der Waals surface area contributed by atoms with Crippen LogP contribution < -0.4 is 5.32 Å². The van der Waals surface area contributed by atoms with E-state index in [-0.39, 0.29) is 22.0 Å². The smallest absolute Gasteiger partial charge is 0.288 e. The molecule has 26 heavy (non-hydrogen) atoms. The first-order valence-electron chi connectivity index (χ1n) is 7.60. The zero-order valence-corrected chi connectivity index (χ0v) is 14.2. The van der Waals surface area contributed by atoms with Crippen LogP contribution in [0.3, 0.4) is 0 Å². The first-order chi connectivity index (χ1) is 12.3. The molecule has 8 nitrogen and oxygen atoms in total. The number of amides is 1. The fraction of sp³-hybridized carbons (Fsp3) is 0.118. The molecule has 0 aliphatic carbocycles. The van der Waals surface area contributed by atoms with Gasteiger partial charge in [-0.2, -0.15) is 0 Å². The van der Waals surface area contributed by atoms with Crippen LogP contribution in [0.4, 0.5) is 17.1 Å². The number of hydrogen-bond donors (Lipinski definition) is 1. The fourth-order valence-corrected chi connectivity index (χ4v) is 3.02. The van der Waals surface area contributed by atoms with Gasteiger partial charge in [-0.1, -0.05) is 30.7 Å². The van der Waals surface area contributed by atoms with Crippen LogP contribution in [0.2, 0.25) is 5.02 Å². The van der Waals surface area contributed by atoms with Gasteiger partial charge in [-0.3, -0.25) is 25.0 Å². The number of nitro groups is 2. The zero-order valence-electron chi connectivity index (χ0n) is 13.5. The molecule has 9 heteroatoms. The molecule has 0 atom stereocenters. The largest absolute Gasteiger partial charge is 0.321 e. The highest BCUT2D eigenvalue weighted by molar-refractivity contribution is 6.37. The molecule has 1 heterocycles. The number of nitrogens with zero attached hydrogens (tertiary/aromatic N) is 2. The number of halogens is 1. The Morgan fingerprint density at radius 1 is 1.12 bits per heavy atom. The van der Waals surface area contributed by atoms with Gasteiger partial charge in [-0.25, -0.2) is 0 Å². The van der Waals surface area contributed by atoms with Crippen molar-refractivity contribution in [1.29, 1.82) is 0 Å². The second-order valence-corrected chi connectivity index (χ2v) is 6.02. The summed E-state index contributed by atoms with van der Waals surface area (Å²) in [6, 6.07) is 7.20. The van der Waals surface area contributed by atoms with Crippen LogP contribution in [-0.2, 0) is 11.2 Å². The molecule has 0 fully saturated rings. The van der Waals surface area contributed by atoms with E-state index in [1.807, 2.05) is 6.92 Å². The quantitative estimate of drug-likeness (QED) is 0.489. The summed E-state index contributed by atoms with van der Waals surface area (Å²) in [6.07, 6.45) is 1.96. The standard InChI is InChI=1S/C17H12ClN3O5/c1-2-10-4-3-9(6-15(10)20(23)24)5-12-11-7-16(21(25)26)13(18)8-14(11)19-17(12)22/h3-8H,2H2,1H3,(H,19,22)/b12-5+. The van der Waals surface area contributed by atoms with Crippen LogP contribution in [0.5, 0.6) is 0 Å². The Bertz CT molecular complexity index is 1000. The first kappa shape index (κ1) is 17.6. The maximum atomic E-state index is 12.2. The lowest BCUT2D eigenvalue weighted by Crippen LogP contribution is -2.03. The Kier molecular flexibility index (Phi) is 4.43. The Hall–Kier alpha value is -3.26. The summed E-state index contributed by atoms with van der Waals surface area (Å²) in [4.78, 5) is 33.4. The third kappa shape index (κ3) is 3.02. The minimum absolute atomic E-state index is 0.0393. The maximum Gasteiger partial charge on any atom is 0.288 e. The lowest BCUT2D eigenvalue weighted by atomic mass is 10.0. The summed E-state index contributed by atoms with van der Waals surface area (Å²) in [6.45, 7) is 1.81. The number of rotatable bonds is 4. The molecule has 1 amide bonds. The van der Waals surface area contributed by atoms with Crippen molar-refractivity contribution < 1.29 is 14.6 Å². The van der Waals surface area contributed by atoms with Gasteiger partial charge in [0.1, 0.15) is 5.02 Å². The number of hydrogen-bond acceptors (Lipinski definition) is 5. The van der Waals surface area contributed by atoms with Gasteiger partial charge in [-0.15, -0.1) is 0 Å². The summed E-state index contributed by atoms with van der Waals surface area (Å²) in [7, 11) is 0. The van der Waals surface area contributed by atoms with E-state index in [4.69, 9.17) is 11.6 Å². The van der Waals surface area contributed by atoms with Crippen LogP contribution in [0.15, 0.2) is 30.3 Å². The van der Waals surface area contributed by atoms with Crippen LogP contribution in [0.25, 0.3) is 11.6 Å². The van der Waals surface area contributed by atoms with Crippen LogP contribution in [0.1, 0.15) is 23.6 Å². The van der Waals surface area contributed by atoms with Crippen molar-refractivity contribution in [2.45, 2.75) is 13.3 Å². The van der Waals surface area contributed by atoms with E-state index < -0.39 is 15.8 Å². The van der Waals surface area contributed by atoms with Crippen molar-refractivity contribution in [3.8, 4) is 0 Å². The van der Waals surface area contributed by atoms with Gasteiger partial charge in [0.25, 0.3) is 17.3 Å². The van der Waals surface area contributed by atoms with Crippen molar-refractivity contribution in [2.24, 2.45) is 0 Å². The average molecular weight is 374 g/mol. The van der Waals surface area contributed by atoms with E-state index in [1.165, 1.54) is 24.3 Å². The third-order valence-electron chi connectivity index (χ3n) is 4.06. The summed E-state index contributed by atoms with van der Waals surface area (Å²) in [5.41, 5.74) is 1.53. The molecular weight excluding hydrogens is 362 g/mol. The molecule has 0 saturated heterocycles. The highest BCUT2D eigenvalue weighted by Gasteiger charge is 2.28. The van der Waals surface area contributed by atoms with Gasteiger partial charge in [0.05, 0.1) is 15.5 Å². The molecule has 0 bridgehead atoms. The predicted octanol–water partition coefficient (Wildman–Crippen LogP) is 4.21.